The number of pyridine rings is 2. The van der Waals surface area contributed by atoms with E-state index in [2.05, 4.69) is 30.4 Å². The average Bonchev–Trinajstić information content (AvgIpc) is 3.62. The smallest absolute Gasteiger partial charge is 0.161 e. The van der Waals surface area contributed by atoms with Crippen molar-refractivity contribution in [1.29, 1.82) is 0 Å². The van der Waals surface area contributed by atoms with Crippen LogP contribution in [0.4, 0.5) is 4.39 Å². The Morgan fingerprint density at radius 2 is 1.86 bits per heavy atom. The van der Waals surface area contributed by atoms with E-state index in [1.165, 1.54) is 12.1 Å². The number of aromatic nitrogens is 8. The van der Waals surface area contributed by atoms with Crippen LogP contribution in [-0.4, -0.2) is 72.5 Å². The number of nitrogens with zero attached hydrogens (tertiary/aromatic N) is 6. The summed E-state index contributed by atoms with van der Waals surface area (Å²) in [5.74, 6) is 0.563. The predicted octanol–water partition coefficient (Wildman–Crippen LogP) is 4.03. The Hall–Kier alpha value is -4.64. The lowest BCUT2D eigenvalue weighted by atomic mass is 10.1. The lowest BCUT2D eigenvalue weighted by Gasteiger charge is -2.12. The Balaban J connectivity index is 1.41. The number of benzene rings is 1. The highest BCUT2D eigenvalue weighted by molar-refractivity contribution is 5.95. The third kappa shape index (κ3) is 4.05. The first kappa shape index (κ1) is 21.9. The molecular formula is C25H22FN9O. The van der Waals surface area contributed by atoms with Gasteiger partial charge in [-0.1, -0.05) is 0 Å². The first-order chi connectivity index (χ1) is 17.5. The van der Waals surface area contributed by atoms with Gasteiger partial charge >= 0.3 is 0 Å². The van der Waals surface area contributed by atoms with Crippen molar-refractivity contribution in [3.8, 4) is 39.8 Å². The highest BCUT2D eigenvalue weighted by Gasteiger charge is 2.18. The first-order valence-corrected chi connectivity index (χ1v) is 11.3. The minimum Gasteiger partial charge on any atom is -0.492 e. The van der Waals surface area contributed by atoms with Crippen LogP contribution in [0.25, 0.3) is 56.1 Å². The molecule has 0 saturated heterocycles. The maximum atomic E-state index is 14.5. The van der Waals surface area contributed by atoms with Gasteiger partial charge in [-0.3, -0.25) is 15.2 Å². The van der Waals surface area contributed by atoms with Crippen molar-refractivity contribution in [3.63, 3.8) is 0 Å². The van der Waals surface area contributed by atoms with E-state index >= 15 is 0 Å². The first-order valence-electron chi connectivity index (χ1n) is 11.3. The number of nitrogens with one attached hydrogen (secondary N) is 3. The zero-order valence-electron chi connectivity index (χ0n) is 19.6. The Morgan fingerprint density at radius 1 is 0.972 bits per heavy atom. The van der Waals surface area contributed by atoms with Crippen LogP contribution in [0.15, 0.2) is 55.0 Å². The Labute approximate surface area is 204 Å². The van der Waals surface area contributed by atoms with Gasteiger partial charge in [0.05, 0.1) is 28.6 Å². The van der Waals surface area contributed by atoms with Gasteiger partial charge in [-0.15, -0.1) is 0 Å². The molecule has 0 aliphatic rings. The van der Waals surface area contributed by atoms with Crippen molar-refractivity contribution in [1.82, 2.24) is 45.2 Å². The number of hydrogen-bond acceptors (Lipinski definition) is 7. The van der Waals surface area contributed by atoms with E-state index in [4.69, 9.17) is 14.7 Å². The number of hydrogen-bond donors (Lipinski definition) is 3. The molecule has 0 bridgehead atoms. The van der Waals surface area contributed by atoms with Crippen LogP contribution in [0.3, 0.4) is 0 Å². The maximum Gasteiger partial charge on any atom is 0.161 e. The van der Waals surface area contributed by atoms with Gasteiger partial charge in [-0.05, 0) is 44.4 Å². The number of rotatable bonds is 7. The molecule has 0 aliphatic carbocycles. The molecule has 0 amide bonds. The van der Waals surface area contributed by atoms with E-state index in [-0.39, 0.29) is 0 Å². The summed E-state index contributed by atoms with van der Waals surface area (Å²) in [5.41, 5.74) is 6.11. The van der Waals surface area contributed by atoms with Crippen LogP contribution in [0.1, 0.15) is 0 Å². The number of fused-ring (bicyclic) bond motifs is 2. The monoisotopic (exact) mass is 483 g/mol. The molecule has 11 heteroatoms. The second-order valence-corrected chi connectivity index (χ2v) is 8.62. The third-order valence-corrected chi connectivity index (χ3v) is 5.78. The largest absolute Gasteiger partial charge is 0.492 e. The molecule has 3 N–H and O–H groups in total. The van der Waals surface area contributed by atoms with E-state index in [1.807, 2.05) is 37.2 Å². The second-order valence-electron chi connectivity index (χ2n) is 8.62. The summed E-state index contributed by atoms with van der Waals surface area (Å²) >= 11 is 0. The molecule has 0 spiro atoms. The quantitative estimate of drug-likeness (QED) is 0.313. The number of halogens is 1. The zero-order valence-corrected chi connectivity index (χ0v) is 19.6. The molecule has 0 radical (unpaired) electrons. The van der Waals surface area contributed by atoms with E-state index in [0.717, 1.165) is 28.8 Å². The zero-order chi connectivity index (χ0) is 24.6. The molecule has 0 aliphatic heterocycles. The van der Waals surface area contributed by atoms with Gasteiger partial charge in [0, 0.05) is 36.1 Å². The second kappa shape index (κ2) is 8.86. The fraction of sp³-hybridized carbons (Fsp3) is 0.160. The number of aromatic amines is 3. The van der Waals surface area contributed by atoms with Crippen molar-refractivity contribution in [2.24, 2.45) is 0 Å². The molecule has 180 valence electrons. The Bertz CT molecular complexity index is 1670. The summed E-state index contributed by atoms with van der Waals surface area (Å²) in [6.07, 6.45) is 5.16. The standard InChI is InChI=1S/C25H22FN9O/c1-35(2)7-8-36-17-10-14(9-16(26)11-17)21-22-19(5-6-27-21)31-25(32-22)24-23-20(33-34-24)4-3-18(30-23)15-12-28-29-13-15/h3-6,9-13H,7-8H2,1-2H3,(H,28,29)(H,31,32)(H,33,34). The van der Waals surface area contributed by atoms with Crippen molar-refractivity contribution in [2.45, 2.75) is 0 Å². The van der Waals surface area contributed by atoms with E-state index in [9.17, 15) is 4.39 Å². The molecule has 10 nitrogen and oxygen atoms in total. The SMILES string of the molecule is CN(C)CCOc1cc(F)cc(-c2nccc3[nH]c(-c4n[nH]c5ccc(-c6cn[nH]c6)nc45)nc23)c1. The fourth-order valence-electron chi connectivity index (χ4n) is 4.00. The third-order valence-electron chi connectivity index (χ3n) is 5.78. The van der Waals surface area contributed by atoms with Crippen LogP contribution in [-0.2, 0) is 0 Å². The molecule has 6 aromatic rings. The van der Waals surface area contributed by atoms with Gasteiger partial charge in [0.25, 0.3) is 0 Å². The highest BCUT2D eigenvalue weighted by Crippen LogP contribution is 2.32. The molecule has 6 rings (SSSR count). The lowest BCUT2D eigenvalue weighted by Crippen LogP contribution is -2.19. The van der Waals surface area contributed by atoms with Crippen LogP contribution in [0.5, 0.6) is 5.75 Å². The summed E-state index contributed by atoms with van der Waals surface area (Å²) in [5, 5.41) is 14.3. The summed E-state index contributed by atoms with van der Waals surface area (Å²) in [7, 11) is 3.91. The van der Waals surface area contributed by atoms with Crippen molar-refractivity contribution < 1.29 is 9.13 Å². The van der Waals surface area contributed by atoms with E-state index in [0.29, 0.717) is 46.2 Å². The molecule has 36 heavy (non-hydrogen) atoms. The minimum atomic E-state index is -0.406. The number of likely N-dealkylation sites (N-methyl/N-ethyl adjacent to an activating group) is 1. The van der Waals surface area contributed by atoms with Gasteiger partial charge in [0.15, 0.2) is 11.5 Å². The Morgan fingerprint density at radius 3 is 2.69 bits per heavy atom. The summed E-state index contributed by atoms with van der Waals surface area (Å²) in [4.78, 5) is 19.4. The van der Waals surface area contributed by atoms with Gasteiger partial charge in [-0.25, -0.2) is 14.4 Å². The summed E-state index contributed by atoms with van der Waals surface area (Å²) in [6, 6.07) is 10.2. The lowest BCUT2D eigenvalue weighted by molar-refractivity contribution is 0.260. The average molecular weight is 484 g/mol. The van der Waals surface area contributed by atoms with Gasteiger partial charge in [0.1, 0.15) is 29.2 Å². The number of H-pyrrole nitrogens is 3. The fourth-order valence-corrected chi connectivity index (χ4v) is 4.00. The normalized spacial score (nSPS) is 11.7. The van der Waals surface area contributed by atoms with Crippen molar-refractivity contribution >= 4 is 22.1 Å². The number of ether oxygens (including phenoxy) is 1. The van der Waals surface area contributed by atoms with Gasteiger partial charge < -0.3 is 14.6 Å². The van der Waals surface area contributed by atoms with Crippen LogP contribution in [0, 0.1) is 5.82 Å². The summed E-state index contributed by atoms with van der Waals surface area (Å²) < 4.78 is 20.2. The van der Waals surface area contributed by atoms with E-state index < -0.39 is 5.82 Å². The molecule has 0 saturated carbocycles. The number of imidazole rings is 1. The van der Waals surface area contributed by atoms with Crippen LogP contribution < -0.4 is 4.74 Å². The highest BCUT2D eigenvalue weighted by atomic mass is 19.1. The van der Waals surface area contributed by atoms with Crippen molar-refractivity contribution in [2.75, 3.05) is 27.2 Å². The molecule has 1 aromatic carbocycles. The molecule has 0 unspecified atom stereocenters. The summed E-state index contributed by atoms with van der Waals surface area (Å²) in [6.45, 7) is 1.16. The predicted molar refractivity (Wildman–Crippen MR) is 134 cm³/mol. The minimum absolute atomic E-state index is 0.406. The molecular weight excluding hydrogens is 461 g/mol. The Kier molecular flexibility index (Phi) is 5.38. The van der Waals surface area contributed by atoms with Crippen molar-refractivity contribution in [3.05, 3.63) is 60.8 Å². The molecule has 0 fully saturated rings. The van der Waals surface area contributed by atoms with Gasteiger partial charge in [-0.2, -0.15) is 10.2 Å². The molecule has 5 heterocycles. The van der Waals surface area contributed by atoms with E-state index in [1.54, 1.807) is 24.7 Å². The van der Waals surface area contributed by atoms with Crippen LogP contribution >= 0.6 is 0 Å². The topological polar surface area (TPSA) is 124 Å². The molecule has 0 atom stereocenters. The van der Waals surface area contributed by atoms with Gasteiger partial charge in [0.2, 0.25) is 0 Å². The maximum absolute atomic E-state index is 14.5. The molecule has 5 aromatic heterocycles. The van der Waals surface area contributed by atoms with Crippen LogP contribution in [0.2, 0.25) is 0 Å².